The number of nitrogens with one attached hydrogen (secondary N) is 1. The molecular weight excluding hydrogens is 466 g/mol. The minimum Gasteiger partial charge on any atom is -0.489 e. The van der Waals surface area contributed by atoms with Crippen molar-refractivity contribution < 1.29 is 19.4 Å². The van der Waals surface area contributed by atoms with Crippen molar-refractivity contribution in [1.29, 1.82) is 0 Å². The fourth-order valence-corrected chi connectivity index (χ4v) is 5.07. The molecule has 0 radical (unpaired) electrons. The Morgan fingerprint density at radius 1 is 1.23 bits per heavy atom. The van der Waals surface area contributed by atoms with Crippen LogP contribution in [0.1, 0.15) is 42.8 Å². The van der Waals surface area contributed by atoms with E-state index in [4.69, 9.17) is 14.6 Å². The van der Waals surface area contributed by atoms with Crippen LogP contribution in [0.2, 0.25) is 0 Å². The van der Waals surface area contributed by atoms with Crippen molar-refractivity contribution in [3.05, 3.63) is 57.6 Å². The number of ether oxygens (including phenoxy) is 2. The summed E-state index contributed by atoms with van der Waals surface area (Å²) in [6, 6.07) is 11.6. The number of aliphatic carboxylic acids is 1. The van der Waals surface area contributed by atoms with Gasteiger partial charge in [0.25, 0.3) is 0 Å². The maximum Gasteiger partial charge on any atom is 0.321 e. The van der Waals surface area contributed by atoms with Crippen LogP contribution < -0.4 is 14.8 Å². The largest absolute Gasteiger partial charge is 0.489 e. The normalized spacial score (nSPS) is 19.0. The zero-order valence-electron chi connectivity index (χ0n) is 17.7. The van der Waals surface area contributed by atoms with Gasteiger partial charge in [-0.2, -0.15) is 0 Å². The Balaban J connectivity index is 1.57. The van der Waals surface area contributed by atoms with E-state index in [9.17, 15) is 4.79 Å². The number of carbonyl (C=O) groups is 1. The van der Waals surface area contributed by atoms with Crippen molar-refractivity contribution >= 4 is 33.7 Å². The van der Waals surface area contributed by atoms with Gasteiger partial charge in [0.15, 0.2) is 0 Å². The van der Waals surface area contributed by atoms with Crippen molar-refractivity contribution in [2.75, 3.05) is 19.0 Å². The van der Waals surface area contributed by atoms with E-state index in [0.29, 0.717) is 19.0 Å². The first-order valence-electron chi connectivity index (χ1n) is 9.92. The molecule has 0 saturated carbocycles. The van der Waals surface area contributed by atoms with Crippen molar-refractivity contribution in [1.82, 2.24) is 5.32 Å². The van der Waals surface area contributed by atoms with E-state index in [1.165, 1.54) is 5.56 Å². The second kappa shape index (κ2) is 9.62. The molecule has 2 unspecified atom stereocenters. The summed E-state index contributed by atoms with van der Waals surface area (Å²) < 4.78 is 12.8. The molecule has 1 heterocycles. The molecule has 1 saturated heterocycles. The average molecular weight is 494 g/mol. The molecular formula is C23H28BrNO4S. The lowest BCUT2D eigenvalue weighted by Crippen LogP contribution is -2.33. The first-order valence-corrected chi connectivity index (χ1v) is 11.8. The van der Waals surface area contributed by atoms with Crippen molar-refractivity contribution in [2.45, 2.75) is 44.5 Å². The fraction of sp³-hybridized carbons (Fsp3) is 0.435. The predicted octanol–water partition coefficient (Wildman–Crippen LogP) is 5.30. The molecule has 0 amide bonds. The summed E-state index contributed by atoms with van der Waals surface area (Å²) >= 11 is 5.16. The van der Waals surface area contributed by atoms with Gasteiger partial charge in [-0.3, -0.25) is 10.1 Å². The average Bonchev–Trinajstić information content (AvgIpc) is 3.17. The van der Waals surface area contributed by atoms with Crippen LogP contribution in [-0.4, -0.2) is 36.1 Å². The van der Waals surface area contributed by atoms with Crippen molar-refractivity contribution in [3.63, 3.8) is 0 Å². The molecule has 7 heteroatoms. The van der Waals surface area contributed by atoms with Crippen LogP contribution in [0.5, 0.6) is 11.5 Å². The van der Waals surface area contributed by atoms with E-state index in [0.717, 1.165) is 27.1 Å². The molecule has 3 rings (SSSR count). The molecule has 2 aromatic rings. The Hall–Kier alpha value is -1.70. The third-order valence-corrected chi connectivity index (χ3v) is 6.83. The van der Waals surface area contributed by atoms with Crippen LogP contribution in [0.4, 0.5) is 0 Å². The van der Waals surface area contributed by atoms with Gasteiger partial charge in [-0.1, -0.05) is 45.0 Å². The number of aryl methyl sites for hydroxylation is 1. The lowest BCUT2D eigenvalue weighted by atomic mass is 9.85. The molecule has 0 bridgehead atoms. The summed E-state index contributed by atoms with van der Waals surface area (Å²) in [6.45, 7) is 9.47. The molecule has 2 atom stereocenters. The highest BCUT2D eigenvalue weighted by atomic mass is 79.9. The van der Waals surface area contributed by atoms with Gasteiger partial charge in [-0.25, -0.2) is 0 Å². The minimum absolute atomic E-state index is 0.00695. The number of benzene rings is 2. The summed E-state index contributed by atoms with van der Waals surface area (Å²) in [6.07, 6.45) is 0. The van der Waals surface area contributed by atoms with E-state index in [2.05, 4.69) is 67.1 Å². The highest BCUT2D eigenvalue weighted by Crippen LogP contribution is 2.37. The van der Waals surface area contributed by atoms with Crippen LogP contribution in [0.25, 0.3) is 0 Å². The molecule has 0 aromatic heterocycles. The summed E-state index contributed by atoms with van der Waals surface area (Å²) in [7, 11) is 0. The molecule has 0 spiro atoms. The molecule has 1 aliphatic rings. The summed E-state index contributed by atoms with van der Waals surface area (Å²) in [5, 5.41) is 12.2. The maximum absolute atomic E-state index is 11.1. The smallest absolute Gasteiger partial charge is 0.321 e. The zero-order chi connectivity index (χ0) is 21.9. The van der Waals surface area contributed by atoms with Gasteiger partial charge in [-0.15, -0.1) is 11.8 Å². The highest BCUT2D eigenvalue weighted by Gasteiger charge is 2.30. The molecule has 30 heavy (non-hydrogen) atoms. The SMILES string of the molecule is Cc1cccc(C(C)(C)C)c1OCCOc1ccc(C2NC(C(=O)O)CS2)cc1Br. The number of hydrogen-bond donors (Lipinski definition) is 2. The van der Waals surface area contributed by atoms with Crippen molar-refractivity contribution in [2.24, 2.45) is 0 Å². The van der Waals surface area contributed by atoms with Crippen LogP contribution in [0.15, 0.2) is 40.9 Å². The van der Waals surface area contributed by atoms with Gasteiger partial charge in [0, 0.05) is 5.75 Å². The molecule has 162 valence electrons. The van der Waals surface area contributed by atoms with Crippen LogP contribution in [0.3, 0.4) is 0 Å². The predicted molar refractivity (Wildman–Crippen MR) is 125 cm³/mol. The first-order chi connectivity index (χ1) is 14.2. The topological polar surface area (TPSA) is 67.8 Å². The van der Waals surface area contributed by atoms with Gasteiger partial charge < -0.3 is 14.6 Å². The third kappa shape index (κ3) is 5.50. The number of para-hydroxylation sites is 1. The maximum atomic E-state index is 11.1. The molecule has 1 fully saturated rings. The van der Waals surface area contributed by atoms with Gasteiger partial charge >= 0.3 is 5.97 Å². The lowest BCUT2D eigenvalue weighted by molar-refractivity contribution is -0.138. The Bertz CT molecular complexity index is 913. The third-order valence-electron chi connectivity index (χ3n) is 4.95. The van der Waals surface area contributed by atoms with Gasteiger partial charge in [0.2, 0.25) is 0 Å². The molecule has 2 aromatic carbocycles. The Kier molecular flexibility index (Phi) is 7.37. The van der Waals surface area contributed by atoms with Gasteiger partial charge in [0.1, 0.15) is 30.8 Å². The van der Waals surface area contributed by atoms with Gasteiger partial charge in [-0.05, 0) is 57.1 Å². The lowest BCUT2D eigenvalue weighted by Gasteiger charge is -2.24. The molecule has 5 nitrogen and oxygen atoms in total. The Labute approximate surface area is 190 Å². The second-order valence-electron chi connectivity index (χ2n) is 8.36. The quantitative estimate of drug-likeness (QED) is 0.510. The van der Waals surface area contributed by atoms with E-state index < -0.39 is 12.0 Å². The Morgan fingerprint density at radius 3 is 2.60 bits per heavy atom. The van der Waals surface area contributed by atoms with Gasteiger partial charge in [0.05, 0.1) is 9.85 Å². The summed E-state index contributed by atoms with van der Waals surface area (Å²) in [5.74, 6) is 1.41. The van der Waals surface area contributed by atoms with Crippen LogP contribution in [0, 0.1) is 6.92 Å². The zero-order valence-corrected chi connectivity index (χ0v) is 20.1. The first kappa shape index (κ1) is 23.0. The second-order valence-corrected chi connectivity index (χ2v) is 10.4. The monoisotopic (exact) mass is 493 g/mol. The van der Waals surface area contributed by atoms with E-state index in [-0.39, 0.29) is 10.8 Å². The number of halogens is 1. The summed E-state index contributed by atoms with van der Waals surface area (Å²) in [5.41, 5.74) is 3.34. The highest BCUT2D eigenvalue weighted by molar-refractivity contribution is 9.10. The Morgan fingerprint density at radius 2 is 1.97 bits per heavy atom. The van der Waals surface area contributed by atoms with E-state index in [1.54, 1.807) is 11.8 Å². The number of thioether (sulfide) groups is 1. The van der Waals surface area contributed by atoms with E-state index in [1.807, 2.05) is 18.2 Å². The van der Waals surface area contributed by atoms with Crippen molar-refractivity contribution in [3.8, 4) is 11.5 Å². The van der Waals surface area contributed by atoms with Crippen LogP contribution >= 0.6 is 27.7 Å². The number of carboxylic acids is 1. The summed E-state index contributed by atoms with van der Waals surface area (Å²) in [4.78, 5) is 11.1. The molecule has 2 N–H and O–H groups in total. The standard InChI is InChI=1S/C23H28BrNO4S/c1-14-6-5-7-16(23(2,3)4)20(14)29-11-10-28-19-9-8-15(12-17(19)24)21-25-18(13-30-21)22(26)27/h5-9,12,18,21,25H,10-11,13H2,1-4H3,(H,26,27). The molecule has 0 aliphatic carbocycles. The van der Waals surface area contributed by atoms with Crippen LogP contribution in [-0.2, 0) is 10.2 Å². The number of rotatable bonds is 7. The number of carboxylic acid groups (broad SMARTS) is 1. The minimum atomic E-state index is -0.813. The van der Waals surface area contributed by atoms with E-state index >= 15 is 0 Å². The molecule has 1 aliphatic heterocycles. The number of hydrogen-bond acceptors (Lipinski definition) is 5. The fourth-order valence-electron chi connectivity index (χ4n) is 3.33.